The van der Waals surface area contributed by atoms with Gasteiger partial charge in [0.2, 0.25) is 6.79 Å². The second kappa shape index (κ2) is 5.59. The maximum atomic E-state index is 6.38. The van der Waals surface area contributed by atoms with Gasteiger partial charge in [-0.3, -0.25) is 0 Å². The molecule has 0 saturated heterocycles. The van der Waals surface area contributed by atoms with E-state index in [-0.39, 0.29) is 6.04 Å². The molecule has 100 valence electrons. The first-order valence-corrected chi connectivity index (χ1v) is 6.43. The lowest BCUT2D eigenvalue weighted by molar-refractivity contribution is 0.174. The summed E-state index contributed by atoms with van der Waals surface area (Å²) in [6, 6.07) is 5.97. The second-order valence-electron chi connectivity index (χ2n) is 5.10. The Hall–Kier alpha value is -1.26. The van der Waals surface area contributed by atoms with E-state index in [1.807, 2.05) is 25.2 Å². The molecule has 0 aliphatic carbocycles. The Morgan fingerprint density at radius 2 is 2.00 bits per heavy atom. The fraction of sp³-hybridized carbons (Fsp3) is 0.571. The highest BCUT2D eigenvalue weighted by Crippen LogP contribution is 2.36. The summed E-state index contributed by atoms with van der Waals surface area (Å²) in [4.78, 5) is 0. The minimum Gasteiger partial charge on any atom is -0.454 e. The molecule has 4 nitrogen and oxygen atoms in total. The van der Waals surface area contributed by atoms with Gasteiger partial charge in [-0.1, -0.05) is 19.9 Å². The van der Waals surface area contributed by atoms with Crippen LogP contribution in [0.5, 0.6) is 11.5 Å². The van der Waals surface area contributed by atoms with Crippen LogP contribution in [0.2, 0.25) is 0 Å². The lowest BCUT2D eigenvalue weighted by Gasteiger charge is -2.27. The number of rotatable bonds is 5. The zero-order chi connectivity index (χ0) is 13.1. The van der Waals surface area contributed by atoms with Crippen LogP contribution in [0, 0.1) is 11.8 Å². The van der Waals surface area contributed by atoms with E-state index in [1.54, 1.807) is 0 Å². The van der Waals surface area contributed by atoms with E-state index in [0.29, 0.717) is 18.6 Å². The van der Waals surface area contributed by atoms with Crippen molar-refractivity contribution in [3.05, 3.63) is 23.8 Å². The molecule has 2 atom stereocenters. The highest BCUT2D eigenvalue weighted by molar-refractivity contribution is 5.45. The Balaban J connectivity index is 2.19. The van der Waals surface area contributed by atoms with Crippen LogP contribution in [-0.4, -0.2) is 20.4 Å². The number of nitrogens with one attached hydrogen (secondary N) is 1. The summed E-state index contributed by atoms with van der Waals surface area (Å²) in [5, 5.41) is 3.22. The van der Waals surface area contributed by atoms with Gasteiger partial charge in [0, 0.05) is 6.04 Å². The Kier molecular flexibility index (Phi) is 4.09. The van der Waals surface area contributed by atoms with E-state index in [0.717, 1.165) is 23.6 Å². The van der Waals surface area contributed by atoms with Crippen LogP contribution in [0.1, 0.15) is 25.5 Å². The molecule has 0 saturated carbocycles. The van der Waals surface area contributed by atoms with Gasteiger partial charge in [-0.15, -0.1) is 0 Å². The summed E-state index contributed by atoms with van der Waals surface area (Å²) in [6.07, 6.45) is 0. The fourth-order valence-corrected chi connectivity index (χ4v) is 2.38. The predicted octanol–water partition coefficient (Wildman–Crippen LogP) is 1.91. The van der Waals surface area contributed by atoms with Crippen molar-refractivity contribution in [2.45, 2.75) is 19.9 Å². The monoisotopic (exact) mass is 250 g/mol. The maximum Gasteiger partial charge on any atom is 0.231 e. The first-order chi connectivity index (χ1) is 8.63. The van der Waals surface area contributed by atoms with Crippen molar-refractivity contribution in [1.29, 1.82) is 0 Å². The second-order valence-corrected chi connectivity index (χ2v) is 5.10. The van der Waals surface area contributed by atoms with E-state index in [4.69, 9.17) is 15.2 Å². The first kappa shape index (κ1) is 13.2. The Labute approximate surface area is 108 Å². The average Bonchev–Trinajstić information content (AvgIpc) is 2.81. The minimum atomic E-state index is 0.00644. The van der Waals surface area contributed by atoms with Crippen LogP contribution in [0.25, 0.3) is 0 Å². The standard InChI is InChI=1S/C14H22N2O2/c1-9(2)11(7-16-3)14(15)10-4-5-12-13(6-10)18-8-17-12/h4-6,9,11,14,16H,7-8,15H2,1-3H3. The van der Waals surface area contributed by atoms with Crippen molar-refractivity contribution >= 4 is 0 Å². The summed E-state index contributed by atoms with van der Waals surface area (Å²) < 4.78 is 10.7. The fourth-order valence-electron chi connectivity index (χ4n) is 2.38. The van der Waals surface area contributed by atoms with Crippen molar-refractivity contribution in [2.24, 2.45) is 17.6 Å². The van der Waals surface area contributed by atoms with Gasteiger partial charge < -0.3 is 20.5 Å². The molecular formula is C14H22N2O2. The lowest BCUT2D eigenvalue weighted by Crippen LogP contribution is -2.33. The molecule has 2 rings (SSSR count). The normalized spacial score (nSPS) is 16.9. The molecule has 18 heavy (non-hydrogen) atoms. The molecule has 0 radical (unpaired) electrons. The summed E-state index contributed by atoms with van der Waals surface area (Å²) in [5.74, 6) is 2.53. The van der Waals surface area contributed by atoms with Gasteiger partial charge in [0.1, 0.15) is 0 Å². The van der Waals surface area contributed by atoms with Gasteiger partial charge in [0.25, 0.3) is 0 Å². The summed E-state index contributed by atoms with van der Waals surface area (Å²) in [6.45, 7) is 5.62. The highest BCUT2D eigenvalue weighted by Gasteiger charge is 2.24. The topological polar surface area (TPSA) is 56.5 Å². The van der Waals surface area contributed by atoms with Crippen LogP contribution >= 0.6 is 0 Å². The third kappa shape index (κ3) is 2.60. The van der Waals surface area contributed by atoms with Crippen molar-refractivity contribution < 1.29 is 9.47 Å². The lowest BCUT2D eigenvalue weighted by atomic mass is 9.85. The average molecular weight is 250 g/mol. The van der Waals surface area contributed by atoms with Gasteiger partial charge in [-0.05, 0) is 43.1 Å². The zero-order valence-electron chi connectivity index (χ0n) is 11.3. The molecule has 2 unspecified atom stereocenters. The number of hydrogen-bond acceptors (Lipinski definition) is 4. The van der Waals surface area contributed by atoms with E-state index in [1.165, 1.54) is 0 Å². The molecule has 0 aromatic heterocycles. The summed E-state index contributed by atoms with van der Waals surface area (Å²) >= 11 is 0. The van der Waals surface area contributed by atoms with E-state index >= 15 is 0 Å². The molecule has 1 heterocycles. The molecule has 0 fully saturated rings. The van der Waals surface area contributed by atoms with E-state index in [2.05, 4.69) is 19.2 Å². The Morgan fingerprint density at radius 3 is 2.67 bits per heavy atom. The Morgan fingerprint density at radius 1 is 1.28 bits per heavy atom. The van der Waals surface area contributed by atoms with Crippen LogP contribution < -0.4 is 20.5 Å². The smallest absolute Gasteiger partial charge is 0.231 e. The number of benzene rings is 1. The number of hydrogen-bond donors (Lipinski definition) is 2. The van der Waals surface area contributed by atoms with Crippen molar-refractivity contribution in [1.82, 2.24) is 5.32 Å². The predicted molar refractivity (Wildman–Crippen MR) is 71.7 cm³/mol. The van der Waals surface area contributed by atoms with Gasteiger partial charge in [0.15, 0.2) is 11.5 Å². The molecule has 0 amide bonds. The van der Waals surface area contributed by atoms with Gasteiger partial charge in [-0.2, -0.15) is 0 Å². The number of ether oxygens (including phenoxy) is 2. The molecule has 1 aromatic carbocycles. The van der Waals surface area contributed by atoms with Crippen LogP contribution in [-0.2, 0) is 0 Å². The molecule has 0 bridgehead atoms. The molecule has 1 aromatic rings. The molecule has 3 N–H and O–H groups in total. The van der Waals surface area contributed by atoms with Crippen molar-refractivity contribution in [2.75, 3.05) is 20.4 Å². The number of fused-ring (bicyclic) bond motifs is 1. The molecular weight excluding hydrogens is 228 g/mol. The largest absolute Gasteiger partial charge is 0.454 e. The third-order valence-electron chi connectivity index (χ3n) is 3.54. The van der Waals surface area contributed by atoms with Gasteiger partial charge in [-0.25, -0.2) is 0 Å². The molecule has 1 aliphatic rings. The third-order valence-corrected chi connectivity index (χ3v) is 3.54. The van der Waals surface area contributed by atoms with Crippen LogP contribution in [0.4, 0.5) is 0 Å². The highest BCUT2D eigenvalue weighted by atomic mass is 16.7. The molecule has 0 spiro atoms. The van der Waals surface area contributed by atoms with Crippen molar-refractivity contribution in [3.8, 4) is 11.5 Å². The zero-order valence-corrected chi connectivity index (χ0v) is 11.3. The van der Waals surface area contributed by atoms with Crippen LogP contribution in [0.3, 0.4) is 0 Å². The first-order valence-electron chi connectivity index (χ1n) is 6.43. The summed E-state index contributed by atoms with van der Waals surface area (Å²) in [5.41, 5.74) is 7.49. The number of nitrogens with two attached hydrogens (primary N) is 1. The van der Waals surface area contributed by atoms with Gasteiger partial charge in [0.05, 0.1) is 0 Å². The SMILES string of the molecule is CNCC(C(C)C)C(N)c1ccc2c(c1)OCO2. The molecule has 4 heteroatoms. The quantitative estimate of drug-likeness (QED) is 0.838. The molecule has 1 aliphatic heterocycles. The Bertz CT molecular complexity index is 407. The van der Waals surface area contributed by atoms with Crippen LogP contribution in [0.15, 0.2) is 18.2 Å². The summed E-state index contributed by atoms with van der Waals surface area (Å²) in [7, 11) is 1.96. The van der Waals surface area contributed by atoms with Gasteiger partial charge >= 0.3 is 0 Å². The maximum absolute atomic E-state index is 6.38. The van der Waals surface area contributed by atoms with E-state index < -0.39 is 0 Å². The van der Waals surface area contributed by atoms with Crippen molar-refractivity contribution in [3.63, 3.8) is 0 Å². The minimum absolute atomic E-state index is 0.00644. The van der Waals surface area contributed by atoms with E-state index in [9.17, 15) is 0 Å².